The van der Waals surface area contributed by atoms with Crippen LogP contribution in [0.4, 0.5) is 0 Å². The van der Waals surface area contributed by atoms with Crippen LogP contribution < -0.4 is 5.73 Å². The predicted octanol–water partition coefficient (Wildman–Crippen LogP) is 1.06. The van der Waals surface area contributed by atoms with Crippen molar-refractivity contribution in [2.75, 3.05) is 18.6 Å². The monoisotopic (exact) mass is 251 g/mol. The third-order valence-electron chi connectivity index (χ3n) is 1.48. The Bertz CT molecular complexity index is 268. The summed E-state index contributed by atoms with van der Waals surface area (Å²) < 4.78 is 1.92. The summed E-state index contributed by atoms with van der Waals surface area (Å²) in [7, 11) is 0. The number of nitrogens with zero attached hydrogens (tertiary/aromatic N) is 2. The lowest BCUT2D eigenvalue weighted by Crippen LogP contribution is -2.23. The Hall–Kier alpha value is 0.180. The van der Waals surface area contributed by atoms with Crippen LogP contribution in [-0.2, 0) is 0 Å². The summed E-state index contributed by atoms with van der Waals surface area (Å²) in [6.45, 7) is 0.147. The van der Waals surface area contributed by atoms with Gasteiger partial charge in [0.2, 0.25) is 0 Å². The molecular weight excluding hydrogens is 238 g/mol. The molecule has 14 heavy (non-hydrogen) atoms. The van der Waals surface area contributed by atoms with Crippen molar-refractivity contribution in [2.45, 2.75) is 21.1 Å². The van der Waals surface area contributed by atoms with Crippen molar-refractivity contribution in [3.8, 4) is 0 Å². The number of aliphatic hydroxyl groups is 1. The quantitative estimate of drug-likeness (QED) is 0.737. The van der Waals surface area contributed by atoms with Gasteiger partial charge in [0.15, 0.2) is 8.68 Å². The Kier molecular flexibility index (Phi) is 5.80. The Morgan fingerprint density at radius 2 is 2.21 bits per heavy atom. The molecule has 1 aromatic heterocycles. The van der Waals surface area contributed by atoms with Crippen molar-refractivity contribution >= 4 is 34.9 Å². The molecule has 0 aliphatic carbocycles. The molecular formula is C7H13N3OS3. The van der Waals surface area contributed by atoms with E-state index in [2.05, 4.69) is 10.2 Å². The second-order valence-electron chi connectivity index (χ2n) is 2.62. The maximum absolute atomic E-state index is 8.66. The van der Waals surface area contributed by atoms with E-state index in [-0.39, 0.29) is 12.6 Å². The Morgan fingerprint density at radius 1 is 1.50 bits per heavy atom. The third-order valence-corrected chi connectivity index (χ3v) is 4.70. The Balaban J connectivity index is 2.30. The van der Waals surface area contributed by atoms with Gasteiger partial charge in [-0.3, -0.25) is 0 Å². The van der Waals surface area contributed by atoms with Gasteiger partial charge < -0.3 is 10.8 Å². The number of nitrogens with two attached hydrogens (primary N) is 1. The van der Waals surface area contributed by atoms with Gasteiger partial charge in [-0.15, -0.1) is 10.2 Å². The molecule has 1 unspecified atom stereocenters. The maximum atomic E-state index is 8.66. The minimum Gasteiger partial charge on any atom is -0.396 e. The van der Waals surface area contributed by atoms with E-state index >= 15 is 0 Å². The van der Waals surface area contributed by atoms with E-state index in [1.54, 1.807) is 34.9 Å². The minimum atomic E-state index is 0.0339. The first-order valence-electron chi connectivity index (χ1n) is 4.13. The summed E-state index contributed by atoms with van der Waals surface area (Å²) >= 11 is 4.77. The summed E-state index contributed by atoms with van der Waals surface area (Å²) in [6, 6.07) is 0.0339. The topological polar surface area (TPSA) is 72.0 Å². The first kappa shape index (κ1) is 12.3. The van der Waals surface area contributed by atoms with Crippen molar-refractivity contribution in [1.29, 1.82) is 0 Å². The van der Waals surface area contributed by atoms with Crippen LogP contribution in [0.3, 0.4) is 0 Å². The fourth-order valence-electron chi connectivity index (χ4n) is 0.765. The predicted molar refractivity (Wildman–Crippen MR) is 62.1 cm³/mol. The number of hydrogen-bond acceptors (Lipinski definition) is 7. The molecule has 0 fully saturated rings. The number of aromatic nitrogens is 2. The molecule has 0 bridgehead atoms. The zero-order chi connectivity index (χ0) is 10.4. The van der Waals surface area contributed by atoms with Crippen LogP contribution in [0.1, 0.15) is 6.42 Å². The molecule has 0 spiro atoms. The van der Waals surface area contributed by atoms with Gasteiger partial charge in [0, 0.05) is 18.4 Å². The number of thioether (sulfide) groups is 2. The van der Waals surface area contributed by atoms with E-state index in [1.807, 2.05) is 6.26 Å². The molecule has 7 heteroatoms. The second-order valence-corrected chi connectivity index (χ2v) is 5.92. The van der Waals surface area contributed by atoms with E-state index in [4.69, 9.17) is 10.8 Å². The molecule has 0 radical (unpaired) electrons. The Labute approximate surface area is 95.7 Å². The first-order chi connectivity index (χ1) is 6.76. The summed E-state index contributed by atoms with van der Waals surface area (Å²) in [5, 5.41) is 16.6. The molecule has 0 amide bonds. The van der Waals surface area contributed by atoms with Gasteiger partial charge in [-0.05, 0) is 12.7 Å². The standard InChI is InChI=1S/C7H13N3OS3/c1-12-6-9-10-7(14-6)13-4-5(8)2-3-11/h5,11H,2-4,8H2,1H3. The lowest BCUT2D eigenvalue weighted by molar-refractivity contribution is 0.279. The van der Waals surface area contributed by atoms with E-state index in [9.17, 15) is 0 Å². The van der Waals surface area contributed by atoms with Gasteiger partial charge in [-0.1, -0.05) is 34.9 Å². The van der Waals surface area contributed by atoms with Gasteiger partial charge >= 0.3 is 0 Å². The first-order valence-corrected chi connectivity index (χ1v) is 7.15. The van der Waals surface area contributed by atoms with E-state index < -0.39 is 0 Å². The average molecular weight is 251 g/mol. The lowest BCUT2D eigenvalue weighted by Gasteiger charge is -2.06. The minimum absolute atomic E-state index is 0.0339. The van der Waals surface area contributed by atoms with E-state index in [1.165, 1.54) is 0 Å². The molecule has 0 aliphatic heterocycles. The fraction of sp³-hybridized carbons (Fsp3) is 0.714. The number of rotatable bonds is 6. The third kappa shape index (κ3) is 4.14. The van der Waals surface area contributed by atoms with Gasteiger partial charge in [-0.2, -0.15) is 0 Å². The van der Waals surface area contributed by atoms with E-state index in [0.717, 1.165) is 14.4 Å². The molecule has 1 aromatic rings. The van der Waals surface area contributed by atoms with E-state index in [0.29, 0.717) is 6.42 Å². The molecule has 3 N–H and O–H groups in total. The van der Waals surface area contributed by atoms with Gasteiger partial charge in [0.05, 0.1) is 0 Å². The normalized spacial score (nSPS) is 13.1. The van der Waals surface area contributed by atoms with Crippen LogP contribution >= 0.6 is 34.9 Å². The second kappa shape index (κ2) is 6.62. The van der Waals surface area contributed by atoms with Crippen LogP contribution in [-0.4, -0.2) is 40.0 Å². The molecule has 0 aliphatic rings. The van der Waals surface area contributed by atoms with Crippen molar-refractivity contribution < 1.29 is 5.11 Å². The molecule has 0 saturated carbocycles. The van der Waals surface area contributed by atoms with Crippen LogP contribution in [0.5, 0.6) is 0 Å². The lowest BCUT2D eigenvalue weighted by atomic mass is 10.3. The van der Waals surface area contributed by atoms with Gasteiger partial charge in [0.25, 0.3) is 0 Å². The van der Waals surface area contributed by atoms with Crippen molar-refractivity contribution in [3.05, 3.63) is 0 Å². The van der Waals surface area contributed by atoms with Crippen molar-refractivity contribution in [2.24, 2.45) is 5.73 Å². The number of hydrogen-bond donors (Lipinski definition) is 2. The fourth-order valence-corrected chi connectivity index (χ4v) is 3.23. The maximum Gasteiger partial charge on any atom is 0.175 e. The van der Waals surface area contributed by atoms with Crippen molar-refractivity contribution in [3.63, 3.8) is 0 Å². The molecule has 80 valence electrons. The average Bonchev–Trinajstić information content (AvgIpc) is 2.63. The molecule has 0 aromatic carbocycles. The zero-order valence-electron chi connectivity index (χ0n) is 7.84. The Morgan fingerprint density at radius 3 is 2.79 bits per heavy atom. The molecule has 1 heterocycles. The SMILES string of the molecule is CSc1nnc(SCC(N)CCO)s1. The molecule has 0 saturated heterocycles. The zero-order valence-corrected chi connectivity index (χ0v) is 10.3. The van der Waals surface area contributed by atoms with Gasteiger partial charge in [0.1, 0.15) is 0 Å². The van der Waals surface area contributed by atoms with Crippen LogP contribution in [0.15, 0.2) is 8.68 Å². The summed E-state index contributed by atoms with van der Waals surface area (Å²) in [6.07, 6.45) is 2.62. The largest absolute Gasteiger partial charge is 0.396 e. The highest BCUT2D eigenvalue weighted by molar-refractivity contribution is 8.03. The van der Waals surface area contributed by atoms with Crippen LogP contribution in [0.2, 0.25) is 0 Å². The summed E-state index contributed by atoms with van der Waals surface area (Å²) in [4.78, 5) is 0. The number of aliphatic hydroxyl groups excluding tert-OH is 1. The summed E-state index contributed by atoms with van der Waals surface area (Å²) in [5.74, 6) is 0.781. The highest BCUT2D eigenvalue weighted by atomic mass is 32.2. The van der Waals surface area contributed by atoms with Crippen LogP contribution in [0, 0.1) is 0 Å². The molecule has 1 rings (SSSR count). The smallest absolute Gasteiger partial charge is 0.175 e. The molecule has 4 nitrogen and oxygen atoms in total. The van der Waals surface area contributed by atoms with Crippen LogP contribution in [0.25, 0.3) is 0 Å². The molecule has 1 atom stereocenters. The highest BCUT2D eigenvalue weighted by Crippen LogP contribution is 2.27. The van der Waals surface area contributed by atoms with Gasteiger partial charge in [-0.25, -0.2) is 0 Å². The van der Waals surface area contributed by atoms with Crippen molar-refractivity contribution in [1.82, 2.24) is 10.2 Å². The highest BCUT2D eigenvalue weighted by Gasteiger charge is 2.07. The summed E-state index contributed by atoms with van der Waals surface area (Å²) in [5.41, 5.74) is 5.74.